The van der Waals surface area contributed by atoms with Gasteiger partial charge in [0.25, 0.3) is 0 Å². The van der Waals surface area contributed by atoms with E-state index in [1.807, 2.05) is 24.3 Å². The summed E-state index contributed by atoms with van der Waals surface area (Å²) in [6, 6.07) is 7.73. The Balaban J connectivity index is 0.00000312. The van der Waals surface area contributed by atoms with Gasteiger partial charge in [0.15, 0.2) is 5.96 Å². The number of carbonyl (C=O) groups excluding carboxylic acids is 1. The molecule has 0 saturated heterocycles. The number of halogens is 4. The highest BCUT2D eigenvalue weighted by molar-refractivity contribution is 14.0. The second-order valence-electron chi connectivity index (χ2n) is 5.50. The number of alkyl halides is 3. The predicted octanol–water partition coefficient (Wildman–Crippen LogP) is 2.70. The first kappa shape index (κ1) is 21.5. The standard InChI is InChI=1S/C16H21F3N4O.HI/c1-20-15(21-9-8-16(17,18)19)22-11-14(24)23-10-4-6-12-5-2-3-7-13(12)23;/h2-3,5,7H,4,6,8-11H2,1H3,(H2,20,21,22);1H. The number of nitrogens with zero attached hydrogens (tertiary/aromatic N) is 2. The van der Waals surface area contributed by atoms with E-state index in [9.17, 15) is 18.0 Å². The quantitative estimate of drug-likeness (QED) is 0.405. The van der Waals surface area contributed by atoms with Crippen LogP contribution in [0.3, 0.4) is 0 Å². The molecule has 0 spiro atoms. The van der Waals surface area contributed by atoms with Gasteiger partial charge in [-0.2, -0.15) is 13.2 Å². The largest absolute Gasteiger partial charge is 0.390 e. The van der Waals surface area contributed by atoms with E-state index in [-0.39, 0.29) is 48.9 Å². The second-order valence-corrected chi connectivity index (χ2v) is 5.50. The monoisotopic (exact) mass is 470 g/mol. The average molecular weight is 470 g/mol. The van der Waals surface area contributed by atoms with Gasteiger partial charge in [-0.25, -0.2) is 0 Å². The lowest BCUT2D eigenvalue weighted by atomic mass is 10.0. The number of fused-ring (bicyclic) bond motifs is 1. The number of aryl methyl sites for hydroxylation is 1. The van der Waals surface area contributed by atoms with Crippen LogP contribution >= 0.6 is 24.0 Å². The lowest BCUT2D eigenvalue weighted by Gasteiger charge is -2.29. The first-order chi connectivity index (χ1) is 11.4. The fraction of sp³-hybridized carbons (Fsp3) is 0.500. The molecule has 0 bridgehead atoms. The van der Waals surface area contributed by atoms with Gasteiger partial charge >= 0.3 is 6.18 Å². The van der Waals surface area contributed by atoms with Gasteiger partial charge in [0.05, 0.1) is 13.0 Å². The number of hydrogen-bond donors (Lipinski definition) is 2. The Morgan fingerprint density at radius 1 is 1.28 bits per heavy atom. The van der Waals surface area contributed by atoms with Crippen LogP contribution in [0.5, 0.6) is 0 Å². The summed E-state index contributed by atoms with van der Waals surface area (Å²) in [5.74, 6) is 0.0406. The molecule has 1 aromatic carbocycles. The van der Waals surface area contributed by atoms with Crippen LogP contribution in [0.1, 0.15) is 18.4 Å². The zero-order valence-corrected chi connectivity index (χ0v) is 16.2. The number of amides is 1. The Morgan fingerprint density at radius 2 is 2.00 bits per heavy atom. The summed E-state index contributed by atoms with van der Waals surface area (Å²) in [6.07, 6.45) is -3.35. The number of carbonyl (C=O) groups is 1. The van der Waals surface area contributed by atoms with Crippen LogP contribution in [-0.4, -0.2) is 44.7 Å². The Kier molecular flexibility index (Phi) is 8.46. The molecule has 0 radical (unpaired) electrons. The Morgan fingerprint density at radius 3 is 2.68 bits per heavy atom. The highest BCUT2D eigenvalue weighted by Gasteiger charge is 2.26. The van der Waals surface area contributed by atoms with Gasteiger partial charge in [0.1, 0.15) is 0 Å². The average Bonchev–Trinajstić information content (AvgIpc) is 2.56. The third-order valence-electron chi connectivity index (χ3n) is 3.74. The fourth-order valence-corrected chi connectivity index (χ4v) is 2.59. The van der Waals surface area contributed by atoms with Crippen LogP contribution in [0, 0.1) is 0 Å². The number of benzene rings is 1. The van der Waals surface area contributed by atoms with E-state index in [2.05, 4.69) is 15.6 Å². The number of para-hydroxylation sites is 1. The first-order valence-corrected chi connectivity index (χ1v) is 7.80. The molecule has 25 heavy (non-hydrogen) atoms. The molecule has 2 N–H and O–H groups in total. The van der Waals surface area contributed by atoms with Crippen molar-refractivity contribution in [1.82, 2.24) is 10.6 Å². The molecule has 5 nitrogen and oxygen atoms in total. The maximum absolute atomic E-state index is 12.4. The predicted molar refractivity (Wildman–Crippen MR) is 103 cm³/mol. The number of rotatable bonds is 4. The minimum atomic E-state index is -4.22. The van der Waals surface area contributed by atoms with Crippen LogP contribution in [0.25, 0.3) is 0 Å². The zero-order valence-electron chi connectivity index (χ0n) is 13.9. The molecule has 1 aliphatic rings. The van der Waals surface area contributed by atoms with Gasteiger partial charge in [-0.15, -0.1) is 24.0 Å². The molecule has 1 amide bonds. The molecule has 0 atom stereocenters. The maximum atomic E-state index is 12.4. The minimum absolute atomic E-state index is 0. The van der Waals surface area contributed by atoms with E-state index in [0.717, 1.165) is 24.1 Å². The molecule has 140 valence electrons. The molecule has 1 aromatic rings. The van der Waals surface area contributed by atoms with Crippen molar-refractivity contribution >= 4 is 41.5 Å². The Hall–Kier alpha value is -1.52. The Labute approximate surface area is 162 Å². The summed E-state index contributed by atoms with van der Waals surface area (Å²) in [7, 11) is 1.45. The van der Waals surface area contributed by atoms with E-state index in [1.54, 1.807) is 4.90 Å². The molecule has 1 heterocycles. The molecule has 0 aliphatic carbocycles. The highest BCUT2D eigenvalue weighted by Crippen LogP contribution is 2.26. The molecular formula is C16H22F3IN4O. The van der Waals surface area contributed by atoms with E-state index >= 15 is 0 Å². The molecule has 0 aromatic heterocycles. The smallest absolute Gasteiger partial charge is 0.356 e. The normalized spacial score (nSPS) is 14.4. The van der Waals surface area contributed by atoms with Gasteiger partial charge in [-0.05, 0) is 24.5 Å². The molecular weight excluding hydrogens is 448 g/mol. The van der Waals surface area contributed by atoms with Gasteiger partial charge < -0.3 is 15.5 Å². The zero-order chi connectivity index (χ0) is 17.6. The van der Waals surface area contributed by atoms with Crippen molar-refractivity contribution in [3.8, 4) is 0 Å². The van der Waals surface area contributed by atoms with Crippen molar-refractivity contribution < 1.29 is 18.0 Å². The van der Waals surface area contributed by atoms with Crippen molar-refractivity contribution in [2.75, 3.05) is 31.6 Å². The maximum Gasteiger partial charge on any atom is 0.390 e. The number of anilines is 1. The van der Waals surface area contributed by atoms with Crippen LogP contribution in [0.4, 0.5) is 18.9 Å². The summed E-state index contributed by atoms with van der Waals surface area (Å²) < 4.78 is 36.4. The van der Waals surface area contributed by atoms with Gasteiger partial charge in [0, 0.05) is 25.8 Å². The third kappa shape index (κ3) is 6.71. The summed E-state index contributed by atoms with van der Waals surface area (Å²) in [5, 5.41) is 5.32. The summed E-state index contributed by atoms with van der Waals surface area (Å²) in [5.41, 5.74) is 2.03. The number of aliphatic imine (C=N–C) groups is 1. The van der Waals surface area contributed by atoms with Crippen molar-refractivity contribution in [1.29, 1.82) is 0 Å². The summed E-state index contributed by atoms with van der Waals surface area (Å²) in [4.78, 5) is 17.9. The molecule has 9 heteroatoms. The molecule has 0 fully saturated rings. The molecule has 2 rings (SSSR count). The van der Waals surface area contributed by atoms with E-state index in [4.69, 9.17) is 0 Å². The van der Waals surface area contributed by atoms with Crippen molar-refractivity contribution in [3.05, 3.63) is 29.8 Å². The van der Waals surface area contributed by atoms with E-state index < -0.39 is 12.6 Å². The summed E-state index contributed by atoms with van der Waals surface area (Å²) in [6.45, 7) is 0.321. The van der Waals surface area contributed by atoms with Crippen LogP contribution < -0.4 is 15.5 Å². The van der Waals surface area contributed by atoms with Crippen molar-refractivity contribution in [2.45, 2.75) is 25.4 Å². The third-order valence-corrected chi connectivity index (χ3v) is 3.74. The van der Waals surface area contributed by atoms with Crippen LogP contribution in [0.15, 0.2) is 29.3 Å². The van der Waals surface area contributed by atoms with Crippen molar-refractivity contribution in [3.63, 3.8) is 0 Å². The van der Waals surface area contributed by atoms with Crippen LogP contribution in [0.2, 0.25) is 0 Å². The van der Waals surface area contributed by atoms with E-state index in [1.165, 1.54) is 7.05 Å². The SMILES string of the molecule is CN=C(NCCC(F)(F)F)NCC(=O)N1CCCc2ccccc21.I. The molecule has 1 aliphatic heterocycles. The van der Waals surface area contributed by atoms with Gasteiger partial charge in [0.2, 0.25) is 5.91 Å². The summed E-state index contributed by atoms with van der Waals surface area (Å²) >= 11 is 0. The lowest BCUT2D eigenvalue weighted by Crippen LogP contribution is -2.46. The van der Waals surface area contributed by atoms with Crippen molar-refractivity contribution in [2.24, 2.45) is 4.99 Å². The van der Waals surface area contributed by atoms with E-state index in [0.29, 0.717) is 6.54 Å². The highest BCUT2D eigenvalue weighted by atomic mass is 127. The van der Waals surface area contributed by atoms with Gasteiger partial charge in [-0.1, -0.05) is 18.2 Å². The molecule has 0 unspecified atom stereocenters. The second kappa shape index (κ2) is 9.83. The first-order valence-electron chi connectivity index (χ1n) is 7.80. The molecule has 0 saturated carbocycles. The fourth-order valence-electron chi connectivity index (χ4n) is 2.59. The minimum Gasteiger partial charge on any atom is -0.356 e. The van der Waals surface area contributed by atoms with Gasteiger partial charge in [-0.3, -0.25) is 9.79 Å². The number of hydrogen-bond acceptors (Lipinski definition) is 2. The Bertz CT molecular complexity index is 607. The topological polar surface area (TPSA) is 56.7 Å². The number of guanidine groups is 1. The lowest BCUT2D eigenvalue weighted by molar-refractivity contribution is -0.132. The number of nitrogens with one attached hydrogen (secondary N) is 2. The van der Waals surface area contributed by atoms with Crippen LogP contribution in [-0.2, 0) is 11.2 Å².